The molecule has 5 heteroatoms. The molecule has 0 saturated heterocycles. The Hall–Kier alpha value is -2.46. The number of nitrogens with one attached hydrogen (secondary N) is 2. The average molecular weight is 371 g/mol. The molecule has 1 aromatic heterocycles. The van der Waals surface area contributed by atoms with E-state index in [1.165, 1.54) is 0 Å². The Bertz CT molecular complexity index is 931. The number of para-hydroxylation sites is 1. The second-order valence-corrected chi connectivity index (χ2v) is 7.27. The summed E-state index contributed by atoms with van der Waals surface area (Å²) in [5.41, 5.74) is 2.31. The number of carbonyl (C=O) groups excluding carboxylic acids is 1. The van der Waals surface area contributed by atoms with E-state index < -0.39 is 5.41 Å². The molecule has 3 aromatic rings. The van der Waals surface area contributed by atoms with Crippen LogP contribution in [0.15, 0.2) is 48.7 Å². The fraction of sp³-hybridized carbons (Fsp3) is 0.286. The largest absolute Gasteiger partial charge is 0.496 e. The number of aromatic amines is 1. The van der Waals surface area contributed by atoms with Gasteiger partial charge < -0.3 is 15.0 Å². The molecule has 0 saturated carbocycles. The minimum atomic E-state index is -0.660. The zero-order valence-electron chi connectivity index (χ0n) is 15.2. The first-order chi connectivity index (χ1) is 12.4. The van der Waals surface area contributed by atoms with Crippen LogP contribution in [0, 0.1) is 0 Å². The van der Waals surface area contributed by atoms with Gasteiger partial charge in [-0.05, 0) is 49.6 Å². The normalized spacial score (nSPS) is 11.5. The lowest BCUT2D eigenvalue weighted by Crippen LogP contribution is -2.40. The number of H-pyrrole nitrogens is 1. The van der Waals surface area contributed by atoms with Crippen LogP contribution in [0.5, 0.6) is 5.75 Å². The molecule has 0 radical (unpaired) electrons. The maximum Gasteiger partial charge on any atom is 0.230 e. The van der Waals surface area contributed by atoms with E-state index in [1.54, 1.807) is 7.11 Å². The molecule has 0 aliphatic carbocycles. The Morgan fingerprint density at radius 3 is 2.77 bits per heavy atom. The Balaban J connectivity index is 1.71. The summed E-state index contributed by atoms with van der Waals surface area (Å²) >= 11 is 6.05. The van der Waals surface area contributed by atoms with Crippen molar-refractivity contribution in [2.75, 3.05) is 13.7 Å². The number of amides is 1. The van der Waals surface area contributed by atoms with Crippen molar-refractivity contribution in [3.05, 3.63) is 64.8 Å². The average Bonchev–Trinajstić information content (AvgIpc) is 3.05. The molecule has 0 aliphatic heterocycles. The van der Waals surface area contributed by atoms with Gasteiger partial charge >= 0.3 is 0 Å². The van der Waals surface area contributed by atoms with E-state index in [-0.39, 0.29) is 5.91 Å². The standard InChI is InChI=1S/C21H23ClN2O2/c1-21(2,17-13-24-18-12-15(22)8-9-16(17)18)20(25)23-11-10-14-6-4-5-7-19(14)26-3/h4-9,12-13,24H,10-11H2,1-3H3,(H,23,25). The molecule has 3 rings (SSSR count). The third-order valence-corrected chi connectivity index (χ3v) is 4.99. The zero-order valence-corrected chi connectivity index (χ0v) is 16.0. The summed E-state index contributed by atoms with van der Waals surface area (Å²) in [6.07, 6.45) is 2.61. The molecule has 0 aliphatic rings. The second kappa shape index (κ2) is 7.42. The highest BCUT2D eigenvalue weighted by molar-refractivity contribution is 6.31. The lowest BCUT2D eigenvalue weighted by molar-refractivity contribution is -0.125. The highest BCUT2D eigenvalue weighted by atomic mass is 35.5. The van der Waals surface area contributed by atoms with Crippen molar-refractivity contribution in [1.82, 2.24) is 10.3 Å². The van der Waals surface area contributed by atoms with E-state index in [0.717, 1.165) is 34.2 Å². The molecule has 136 valence electrons. The van der Waals surface area contributed by atoms with Gasteiger partial charge in [0.25, 0.3) is 0 Å². The molecule has 1 amide bonds. The third kappa shape index (κ3) is 3.56. The van der Waals surface area contributed by atoms with Gasteiger partial charge in [-0.15, -0.1) is 0 Å². The van der Waals surface area contributed by atoms with Crippen molar-refractivity contribution in [2.45, 2.75) is 25.7 Å². The van der Waals surface area contributed by atoms with Gasteiger partial charge in [0.05, 0.1) is 12.5 Å². The maximum absolute atomic E-state index is 12.8. The minimum absolute atomic E-state index is 0.0109. The molecule has 4 nitrogen and oxygen atoms in total. The summed E-state index contributed by atoms with van der Waals surface area (Å²) in [4.78, 5) is 16.0. The lowest BCUT2D eigenvalue weighted by atomic mass is 9.83. The number of fused-ring (bicyclic) bond motifs is 1. The smallest absolute Gasteiger partial charge is 0.230 e. The number of hydrogen-bond acceptors (Lipinski definition) is 2. The summed E-state index contributed by atoms with van der Waals surface area (Å²) < 4.78 is 5.36. The Kier molecular flexibility index (Phi) is 5.23. The number of carbonyl (C=O) groups is 1. The van der Waals surface area contributed by atoms with Gasteiger partial charge in [-0.1, -0.05) is 35.9 Å². The second-order valence-electron chi connectivity index (χ2n) is 6.84. The van der Waals surface area contributed by atoms with Crippen LogP contribution in [0.25, 0.3) is 10.9 Å². The molecule has 0 fully saturated rings. The molecule has 2 N–H and O–H groups in total. The number of ether oxygens (including phenoxy) is 1. The number of halogens is 1. The van der Waals surface area contributed by atoms with E-state index >= 15 is 0 Å². The van der Waals surface area contributed by atoms with Crippen molar-refractivity contribution in [2.24, 2.45) is 0 Å². The first-order valence-corrected chi connectivity index (χ1v) is 8.98. The van der Waals surface area contributed by atoms with Gasteiger partial charge in [0, 0.05) is 28.7 Å². The molecule has 0 unspecified atom stereocenters. The van der Waals surface area contributed by atoms with Crippen LogP contribution in [0.2, 0.25) is 5.02 Å². The van der Waals surface area contributed by atoms with Gasteiger partial charge in [0.15, 0.2) is 0 Å². The fourth-order valence-electron chi connectivity index (χ4n) is 3.18. The van der Waals surface area contributed by atoms with Crippen LogP contribution in [-0.4, -0.2) is 24.5 Å². The fourth-order valence-corrected chi connectivity index (χ4v) is 3.35. The Labute approximate surface area is 158 Å². The summed E-state index contributed by atoms with van der Waals surface area (Å²) in [7, 11) is 1.66. The van der Waals surface area contributed by atoms with Crippen LogP contribution in [-0.2, 0) is 16.6 Å². The van der Waals surface area contributed by atoms with Crippen LogP contribution in [0.1, 0.15) is 25.0 Å². The van der Waals surface area contributed by atoms with Crippen molar-refractivity contribution < 1.29 is 9.53 Å². The lowest BCUT2D eigenvalue weighted by Gasteiger charge is -2.23. The summed E-state index contributed by atoms with van der Waals surface area (Å²) in [6, 6.07) is 13.5. The summed E-state index contributed by atoms with van der Waals surface area (Å²) in [5, 5.41) is 4.74. The van der Waals surface area contributed by atoms with E-state index in [9.17, 15) is 4.79 Å². The van der Waals surface area contributed by atoms with E-state index in [0.29, 0.717) is 11.6 Å². The molecule has 26 heavy (non-hydrogen) atoms. The van der Waals surface area contributed by atoms with Gasteiger partial charge in [0.2, 0.25) is 5.91 Å². The molecular weight excluding hydrogens is 348 g/mol. The van der Waals surface area contributed by atoms with Crippen molar-refractivity contribution in [3.8, 4) is 5.75 Å². The van der Waals surface area contributed by atoms with Crippen molar-refractivity contribution in [3.63, 3.8) is 0 Å². The van der Waals surface area contributed by atoms with Gasteiger partial charge in [-0.2, -0.15) is 0 Å². The van der Waals surface area contributed by atoms with Crippen molar-refractivity contribution >= 4 is 28.4 Å². The number of methoxy groups -OCH3 is 1. The molecule has 0 bridgehead atoms. The quantitative estimate of drug-likeness (QED) is 0.672. The highest BCUT2D eigenvalue weighted by Crippen LogP contribution is 2.32. The molecular formula is C21H23ClN2O2. The topological polar surface area (TPSA) is 54.1 Å². The van der Waals surface area contributed by atoms with Gasteiger partial charge in [0.1, 0.15) is 5.75 Å². The zero-order chi connectivity index (χ0) is 18.7. The molecule has 0 spiro atoms. The van der Waals surface area contributed by atoms with Crippen LogP contribution in [0.3, 0.4) is 0 Å². The molecule has 0 atom stereocenters. The summed E-state index contributed by atoms with van der Waals surface area (Å²) in [6.45, 7) is 4.42. The maximum atomic E-state index is 12.8. The van der Waals surface area contributed by atoms with Crippen LogP contribution >= 0.6 is 11.6 Å². The molecule has 2 aromatic carbocycles. The highest BCUT2D eigenvalue weighted by Gasteiger charge is 2.32. The minimum Gasteiger partial charge on any atom is -0.496 e. The SMILES string of the molecule is COc1ccccc1CCNC(=O)C(C)(C)c1c[nH]c2cc(Cl)ccc12. The first kappa shape index (κ1) is 18.3. The Morgan fingerprint density at radius 2 is 2.00 bits per heavy atom. The summed E-state index contributed by atoms with van der Waals surface area (Å²) in [5.74, 6) is 0.831. The van der Waals surface area contributed by atoms with Gasteiger partial charge in [-0.3, -0.25) is 4.79 Å². The first-order valence-electron chi connectivity index (χ1n) is 8.61. The van der Waals surface area contributed by atoms with Crippen molar-refractivity contribution in [1.29, 1.82) is 0 Å². The predicted molar refractivity (Wildman–Crippen MR) is 106 cm³/mol. The van der Waals surface area contributed by atoms with E-state index in [1.807, 2.05) is 62.5 Å². The van der Waals surface area contributed by atoms with Crippen LogP contribution < -0.4 is 10.1 Å². The Morgan fingerprint density at radius 1 is 1.23 bits per heavy atom. The number of rotatable bonds is 6. The third-order valence-electron chi connectivity index (χ3n) is 4.76. The number of hydrogen-bond donors (Lipinski definition) is 2. The van der Waals surface area contributed by atoms with E-state index in [2.05, 4.69) is 10.3 Å². The molecule has 1 heterocycles. The van der Waals surface area contributed by atoms with Crippen LogP contribution in [0.4, 0.5) is 0 Å². The predicted octanol–water partition coefficient (Wildman–Crippen LogP) is 4.47. The monoisotopic (exact) mass is 370 g/mol. The number of benzene rings is 2. The van der Waals surface area contributed by atoms with Gasteiger partial charge in [-0.25, -0.2) is 0 Å². The number of aromatic nitrogens is 1. The van der Waals surface area contributed by atoms with E-state index in [4.69, 9.17) is 16.3 Å².